The maximum absolute atomic E-state index is 12.1. The van der Waals surface area contributed by atoms with Crippen LogP contribution < -0.4 is 5.32 Å². The van der Waals surface area contributed by atoms with Crippen LogP contribution in [0.3, 0.4) is 0 Å². The van der Waals surface area contributed by atoms with Crippen molar-refractivity contribution in [3.05, 3.63) is 17.0 Å². The molecule has 2 N–H and O–H groups in total. The van der Waals surface area contributed by atoms with Gasteiger partial charge in [-0.25, -0.2) is 0 Å². The summed E-state index contributed by atoms with van der Waals surface area (Å²) in [5, 5.41) is 16.6. The molecule has 1 rings (SSSR count). The summed E-state index contributed by atoms with van der Waals surface area (Å²) in [6.07, 6.45) is 1.06. The fourth-order valence-electron chi connectivity index (χ4n) is 2.41. The fourth-order valence-corrected chi connectivity index (χ4v) is 2.41. The number of aliphatic hydroxyl groups is 1. The highest BCUT2D eigenvalue weighted by atomic mass is 16.3. The summed E-state index contributed by atoms with van der Waals surface area (Å²) >= 11 is 0. The highest BCUT2D eigenvalue weighted by molar-refractivity contribution is 5.79. The van der Waals surface area contributed by atoms with Crippen molar-refractivity contribution in [2.75, 3.05) is 6.61 Å². The molecule has 1 unspecified atom stereocenters. The number of amides is 1. The van der Waals surface area contributed by atoms with Crippen molar-refractivity contribution >= 4 is 5.91 Å². The lowest BCUT2D eigenvalue weighted by Crippen LogP contribution is -2.40. The molecule has 0 saturated carbocycles. The molecule has 0 spiro atoms. The topological polar surface area (TPSA) is 67.2 Å². The number of aryl methyl sites for hydroxylation is 2. The molecule has 0 fully saturated rings. The summed E-state index contributed by atoms with van der Waals surface area (Å²) in [5.74, 6) is -0.0625. The second-order valence-electron chi connectivity index (χ2n) is 6.66. The molecule has 114 valence electrons. The minimum atomic E-state index is -0.195. The molecule has 0 saturated heterocycles. The van der Waals surface area contributed by atoms with Crippen LogP contribution in [0.4, 0.5) is 0 Å². The maximum atomic E-state index is 12.1. The van der Waals surface area contributed by atoms with Gasteiger partial charge < -0.3 is 10.4 Å². The number of hydrogen-bond acceptors (Lipinski definition) is 3. The van der Waals surface area contributed by atoms with Gasteiger partial charge in [-0.1, -0.05) is 20.8 Å². The third-order valence-electron chi connectivity index (χ3n) is 3.44. The third-order valence-corrected chi connectivity index (χ3v) is 3.44. The van der Waals surface area contributed by atoms with Crippen LogP contribution in [0.5, 0.6) is 0 Å². The van der Waals surface area contributed by atoms with Gasteiger partial charge in [0.05, 0.1) is 24.8 Å². The van der Waals surface area contributed by atoms with E-state index in [1.807, 2.05) is 20.9 Å². The van der Waals surface area contributed by atoms with Crippen LogP contribution in [0.1, 0.15) is 44.1 Å². The molecular formula is C15H27N3O2. The third kappa shape index (κ3) is 4.63. The normalized spacial score (nSPS) is 13.3. The highest BCUT2D eigenvalue weighted by Gasteiger charge is 2.21. The molecule has 0 aromatic carbocycles. The Hall–Kier alpha value is -1.36. The molecule has 5 nitrogen and oxygen atoms in total. The molecule has 1 amide bonds. The van der Waals surface area contributed by atoms with Gasteiger partial charge in [-0.2, -0.15) is 5.10 Å². The first-order chi connectivity index (χ1) is 9.14. The molecule has 0 aliphatic rings. The van der Waals surface area contributed by atoms with Gasteiger partial charge in [-0.05, 0) is 25.7 Å². The van der Waals surface area contributed by atoms with Gasteiger partial charge in [-0.15, -0.1) is 0 Å². The number of nitrogens with one attached hydrogen (secondary N) is 1. The number of carbonyl (C=O) groups excluding carboxylic acids is 1. The largest absolute Gasteiger partial charge is 0.394 e. The SMILES string of the molecule is Cc1nn(C)c(C)c1CC(=O)NC(CO)CC(C)(C)C. The molecule has 1 aromatic rings. The van der Waals surface area contributed by atoms with Crippen LogP contribution in [0, 0.1) is 19.3 Å². The Kier molecular flexibility index (Phi) is 5.34. The molecule has 0 aliphatic heterocycles. The van der Waals surface area contributed by atoms with Gasteiger partial charge in [0.1, 0.15) is 0 Å². The Bertz CT molecular complexity index is 472. The Labute approximate surface area is 121 Å². The summed E-state index contributed by atoms with van der Waals surface area (Å²) in [5.41, 5.74) is 2.93. The lowest BCUT2D eigenvalue weighted by molar-refractivity contribution is -0.121. The average molecular weight is 281 g/mol. The standard InChI is InChI=1S/C15H27N3O2/c1-10-13(11(2)18(6)17-10)7-14(20)16-12(9-19)8-15(3,4)5/h12,19H,7-9H2,1-6H3,(H,16,20). The fraction of sp³-hybridized carbons (Fsp3) is 0.733. The summed E-state index contributed by atoms with van der Waals surface area (Å²) in [4.78, 5) is 12.1. The van der Waals surface area contributed by atoms with E-state index >= 15 is 0 Å². The summed E-state index contributed by atoms with van der Waals surface area (Å²) in [7, 11) is 1.87. The predicted molar refractivity (Wildman–Crippen MR) is 79.5 cm³/mol. The van der Waals surface area contributed by atoms with Crippen molar-refractivity contribution in [3.63, 3.8) is 0 Å². The van der Waals surface area contributed by atoms with Crippen molar-refractivity contribution in [1.82, 2.24) is 15.1 Å². The number of aliphatic hydroxyl groups excluding tert-OH is 1. The first-order valence-electron chi connectivity index (χ1n) is 7.03. The van der Waals surface area contributed by atoms with Gasteiger partial charge in [-0.3, -0.25) is 9.48 Å². The maximum Gasteiger partial charge on any atom is 0.224 e. The van der Waals surface area contributed by atoms with Crippen LogP contribution in [-0.2, 0) is 18.3 Å². The van der Waals surface area contributed by atoms with Crippen molar-refractivity contribution < 1.29 is 9.90 Å². The quantitative estimate of drug-likeness (QED) is 0.859. The molecule has 20 heavy (non-hydrogen) atoms. The summed E-state index contributed by atoms with van der Waals surface area (Å²) in [6.45, 7) is 10.1. The zero-order valence-electron chi connectivity index (χ0n) is 13.4. The first kappa shape index (κ1) is 16.7. The first-order valence-corrected chi connectivity index (χ1v) is 7.03. The van der Waals surface area contributed by atoms with Crippen molar-refractivity contribution in [2.45, 2.75) is 53.5 Å². The lowest BCUT2D eigenvalue weighted by atomic mass is 9.88. The monoisotopic (exact) mass is 281 g/mol. The lowest BCUT2D eigenvalue weighted by Gasteiger charge is -2.25. The van der Waals surface area contributed by atoms with Crippen LogP contribution >= 0.6 is 0 Å². The van der Waals surface area contributed by atoms with Gasteiger partial charge in [0, 0.05) is 18.3 Å². The number of rotatable bonds is 5. The smallest absolute Gasteiger partial charge is 0.224 e. The van der Waals surface area contributed by atoms with Crippen LogP contribution in [0.25, 0.3) is 0 Å². The minimum absolute atomic E-state index is 0.0337. The zero-order chi connectivity index (χ0) is 15.5. The van der Waals surface area contributed by atoms with E-state index in [1.54, 1.807) is 4.68 Å². The number of hydrogen-bond donors (Lipinski definition) is 2. The van der Waals surface area contributed by atoms with E-state index in [2.05, 4.69) is 31.2 Å². The molecule has 1 aromatic heterocycles. The Balaban J connectivity index is 2.67. The number of aromatic nitrogens is 2. The van der Waals surface area contributed by atoms with E-state index in [-0.39, 0.29) is 24.0 Å². The van der Waals surface area contributed by atoms with E-state index in [1.165, 1.54) is 0 Å². The van der Waals surface area contributed by atoms with Crippen molar-refractivity contribution in [2.24, 2.45) is 12.5 Å². The second-order valence-corrected chi connectivity index (χ2v) is 6.66. The predicted octanol–water partition coefficient (Wildman–Crippen LogP) is 1.49. The highest BCUT2D eigenvalue weighted by Crippen LogP contribution is 2.20. The van der Waals surface area contributed by atoms with Gasteiger partial charge >= 0.3 is 0 Å². The van der Waals surface area contributed by atoms with Crippen LogP contribution in [0.2, 0.25) is 0 Å². The minimum Gasteiger partial charge on any atom is -0.394 e. The van der Waals surface area contributed by atoms with Crippen molar-refractivity contribution in [3.8, 4) is 0 Å². The molecule has 1 atom stereocenters. The van der Waals surface area contributed by atoms with Gasteiger partial charge in [0.15, 0.2) is 0 Å². The van der Waals surface area contributed by atoms with E-state index in [0.717, 1.165) is 23.4 Å². The Morgan fingerprint density at radius 1 is 1.40 bits per heavy atom. The molecule has 1 heterocycles. The van der Waals surface area contributed by atoms with Crippen molar-refractivity contribution in [1.29, 1.82) is 0 Å². The van der Waals surface area contributed by atoms with E-state index in [0.29, 0.717) is 6.42 Å². The summed E-state index contributed by atoms with van der Waals surface area (Å²) < 4.78 is 1.79. The molecular weight excluding hydrogens is 254 g/mol. The Morgan fingerprint density at radius 2 is 2.00 bits per heavy atom. The van der Waals surface area contributed by atoms with E-state index in [4.69, 9.17) is 0 Å². The van der Waals surface area contributed by atoms with Crippen LogP contribution in [-0.4, -0.2) is 33.4 Å². The van der Waals surface area contributed by atoms with Gasteiger partial charge in [0.25, 0.3) is 0 Å². The second kappa shape index (κ2) is 6.39. The molecule has 0 bridgehead atoms. The Morgan fingerprint density at radius 3 is 2.40 bits per heavy atom. The number of nitrogens with zero attached hydrogens (tertiary/aromatic N) is 2. The molecule has 0 aliphatic carbocycles. The van der Waals surface area contributed by atoms with Gasteiger partial charge in [0.2, 0.25) is 5.91 Å². The average Bonchev–Trinajstić information content (AvgIpc) is 2.53. The molecule has 0 radical (unpaired) electrons. The van der Waals surface area contributed by atoms with E-state index in [9.17, 15) is 9.90 Å². The molecule has 5 heteroatoms. The summed E-state index contributed by atoms with van der Waals surface area (Å²) in [6, 6.07) is -0.195. The zero-order valence-corrected chi connectivity index (χ0v) is 13.4. The van der Waals surface area contributed by atoms with E-state index < -0.39 is 0 Å². The van der Waals surface area contributed by atoms with Crippen LogP contribution in [0.15, 0.2) is 0 Å². The number of carbonyl (C=O) groups is 1.